The van der Waals surface area contributed by atoms with Gasteiger partial charge in [0.2, 0.25) is 0 Å². The van der Waals surface area contributed by atoms with Crippen molar-refractivity contribution in [1.29, 1.82) is 0 Å². The summed E-state index contributed by atoms with van der Waals surface area (Å²) in [5.74, 6) is 0. The molecule has 4 heteroatoms. The monoisotopic (exact) mass is 384 g/mol. The lowest BCUT2D eigenvalue weighted by atomic mass is 10.3. The Morgan fingerprint density at radius 1 is 1.11 bits per heavy atom. The Balaban J connectivity index is 3.16. The summed E-state index contributed by atoms with van der Waals surface area (Å²) in [4.78, 5) is 0.537. The fourth-order valence-corrected chi connectivity index (χ4v) is 1.57. The third-order valence-electron chi connectivity index (χ3n) is 0.887. The van der Waals surface area contributed by atoms with Crippen LogP contribution in [0.1, 0.15) is 12.8 Å². The van der Waals surface area contributed by atoms with Crippen LogP contribution in [0.5, 0.6) is 0 Å². The first kappa shape index (κ1) is 10.9. The fraction of sp³-hybridized carbons (Fsp3) is 1.00. The molecule has 1 atom stereocenters. The molecular formula is C5H8Br4. The second-order valence-electron chi connectivity index (χ2n) is 1.68. The van der Waals surface area contributed by atoms with E-state index in [0.29, 0.717) is 8.56 Å². The molecule has 0 heterocycles. The number of rotatable bonds is 4. The Kier molecular flexibility index (Phi) is 8.03. The normalized spacial score (nSPS) is 14.3. The van der Waals surface area contributed by atoms with E-state index in [1.807, 2.05) is 0 Å². The van der Waals surface area contributed by atoms with Crippen molar-refractivity contribution >= 4 is 63.7 Å². The van der Waals surface area contributed by atoms with Crippen molar-refractivity contribution in [2.75, 3.05) is 5.33 Å². The van der Waals surface area contributed by atoms with Gasteiger partial charge in [-0.2, -0.15) is 0 Å². The Hall–Kier alpha value is 1.92. The maximum Gasteiger partial charge on any atom is 0.0822 e. The molecule has 0 saturated heterocycles. The highest BCUT2D eigenvalue weighted by atomic mass is 79.9. The second-order valence-corrected chi connectivity index (χ2v) is 6.85. The van der Waals surface area contributed by atoms with Crippen molar-refractivity contribution in [2.45, 2.75) is 21.4 Å². The maximum atomic E-state index is 3.53. The predicted octanol–water partition coefficient (Wildman–Crippen LogP) is 4.04. The van der Waals surface area contributed by atoms with E-state index in [0.717, 1.165) is 5.33 Å². The summed E-state index contributed by atoms with van der Waals surface area (Å²) in [6.45, 7) is 0. The van der Waals surface area contributed by atoms with Crippen molar-refractivity contribution in [3.8, 4) is 0 Å². The molecule has 0 fully saturated rings. The van der Waals surface area contributed by atoms with Crippen LogP contribution >= 0.6 is 63.7 Å². The molecule has 0 aromatic carbocycles. The highest BCUT2D eigenvalue weighted by Crippen LogP contribution is 2.23. The van der Waals surface area contributed by atoms with Gasteiger partial charge in [-0.05, 0) is 12.8 Å². The Labute approximate surface area is 89.7 Å². The summed E-state index contributed by atoms with van der Waals surface area (Å²) in [6.07, 6.45) is 2.40. The molecule has 9 heavy (non-hydrogen) atoms. The Morgan fingerprint density at radius 3 is 2.00 bits per heavy atom. The number of hydrogen-bond acceptors (Lipinski definition) is 0. The molecule has 0 radical (unpaired) electrons. The van der Waals surface area contributed by atoms with Gasteiger partial charge in [-0.1, -0.05) is 63.7 Å². The van der Waals surface area contributed by atoms with Crippen LogP contribution in [0.2, 0.25) is 0 Å². The van der Waals surface area contributed by atoms with Gasteiger partial charge in [0.15, 0.2) is 0 Å². The third-order valence-corrected chi connectivity index (χ3v) is 5.13. The summed E-state index contributed by atoms with van der Waals surface area (Å²) < 4.78 is 0.393. The molecule has 0 aromatic rings. The van der Waals surface area contributed by atoms with E-state index in [1.165, 1.54) is 12.8 Å². The van der Waals surface area contributed by atoms with E-state index in [2.05, 4.69) is 63.7 Å². The topological polar surface area (TPSA) is 0 Å². The molecule has 0 spiro atoms. The smallest absolute Gasteiger partial charge is 0.0822 e. The predicted molar refractivity (Wildman–Crippen MR) is 57.4 cm³/mol. The molecule has 0 aliphatic carbocycles. The van der Waals surface area contributed by atoms with Crippen LogP contribution in [0.25, 0.3) is 0 Å². The molecule has 0 aromatic heterocycles. The first-order chi connectivity index (χ1) is 4.18. The summed E-state index contributed by atoms with van der Waals surface area (Å²) in [5, 5.41) is 1.09. The van der Waals surface area contributed by atoms with Gasteiger partial charge in [0.05, 0.1) is 3.74 Å². The van der Waals surface area contributed by atoms with Crippen LogP contribution < -0.4 is 0 Å². The highest BCUT2D eigenvalue weighted by Gasteiger charge is 2.10. The van der Waals surface area contributed by atoms with Gasteiger partial charge in [-0.25, -0.2) is 0 Å². The summed E-state index contributed by atoms with van der Waals surface area (Å²) in [7, 11) is 0. The number of hydrogen-bond donors (Lipinski definition) is 0. The minimum absolute atomic E-state index is 0.393. The van der Waals surface area contributed by atoms with Crippen molar-refractivity contribution in [3.63, 3.8) is 0 Å². The van der Waals surface area contributed by atoms with E-state index in [-0.39, 0.29) is 0 Å². The Bertz CT molecular complexity index is 64.0. The minimum Gasteiger partial charge on any atom is -0.0928 e. The molecule has 56 valence electrons. The van der Waals surface area contributed by atoms with Gasteiger partial charge >= 0.3 is 0 Å². The molecular weight excluding hydrogens is 380 g/mol. The van der Waals surface area contributed by atoms with E-state index in [9.17, 15) is 0 Å². The van der Waals surface area contributed by atoms with E-state index < -0.39 is 0 Å². The van der Waals surface area contributed by atoms with Crippen molar-refractivity contribution < 1.29 is 0 Å². The molecule has 0 rings (SSSR count). The summed E-state index contributed by atoms with van der Waals surface area (Å²) in [5.41, 5.74) is 0. The molecule has 0 nitrogen and oxygen atoms in total. The lowest BCUT2D eigenvalue weighted by molar-refractivity contribution is 0.806. The van der Waals surface area contributed by atoms with Crippen LogP contribution in [0.3, 0.4) is 0 Å². The Morgan fingerprint density at radius 2 is 1.67 bits per heavy atom. The molecule has 0 aliphatic heterocycles. The highest BCUT2D eigenvalue weighted by molar-refractivity contribution is 9.25. The molecule has 0 bridgehead atoms. The van der Waals surface area contributed by atoms with Gasteiger partial charge < -0.3 is 0 Å². The van der Waals surface area contributed by atoms with E-state index in [1.54, 1.807) is 0 Å². The summed E-state index contributed by atoms with van der Waals surface area (Å²) >= 11 is 13.8. The first-order valence-electron chi connectivity index (χ1n) is 2.66. The van der Waals surface area contributed by atoms with Crippen molar-refractivity contribution in [3.05, 3.63) is 0 Å². The van der Waals surface area contributed by atoms with Gasteiger partial charge in [0, 0.05) is 10.2 Å². The second kappa shape index (κ2) is 6.62. The molecule has 0 amide bonds. The fourth-order valence-electron chi connectivity index (χ4n) is 0.398. The van der Waals surface area contributed by atoms with E-state index >= 15 is 0 Å². The molecule has 0 N–H and O–H groups in total. The average molecular weight is 388 g/mol. The quantitative estimate of drug-likeness (QED) is 0.639. The lowest BCUT2D eigenvalue weighted by Gasteiger charge is -2.08. The zero-order valence-electron chi connectivity index (χ0n) is 4.79. The minimum atomic E-state index is 0.393. The molecule has 0 saturated carbocycles. The van der Waals surface area contributed by atoms with Crippen LogP contribution in [-0.4, -0.2) is 13.9 Å². The zero-order valence-corrected chi connectivity index (χ0v) is 11.1. The standard InChI is InChI=1S/C5H8Br4/c6-3-1-2-4(7)5(8)9/h4-5H,1-3H2. The third kappa shape index (κ3) is 6.32. The van der Waals surface area contributed by atoms with Crippen molar-refractivity contribution in [2.24, 2.45) is 0 Å². The van der Waals surface area contributed by atoms with Crippen LogP contribution in [-0.2, 0) is 0 Å². The summed E-state index contributed by atoms with van der Waals surface area (Å²) in [6, 6.07) is 0. The molecule has 0 aliphatic rings. The van der Waals surface area contributed by atoms with Crippen LogP contribution in [0.4, 0.5) is 0 Å². The maximum absolute atomic E-state index is 3.53. The van der Waals surface area contributed by atoms with Gasteiger partial charge in [-0.15, -0.1) is 0 Å². The van der Waals surface area contributed by atoms with E-state index in [4.69, 9.17) is 0 Å². The number of alkyl halides is 4. The van der Waals surface area contributed by atoms with Gasteiger partial charge in [-0.3, -0.25) is 0 Å². The lowest BCUT2D eigenvalue weighted by Crippen LogP contribution is -2.05. The zero-order chi connectivity index (χ0) is 7.28. The van der Waals surface area contributed by atoms with Gasteiger partial charge in [0.1, 0.15) is 0 Å². The van der Waals surface area contributed by atoms with Crippen molar-refractivity contribution in [1.82, 2.24) is 0 Å². The molecule has 1 unspecified atom stereocenters. The van der Waals surface area contributed by atoms with Gasteiger partial charge in [0.25, 0.3) is 0 Å². The largest absolute Gasteiger partial charge is 0.0928 e. The number of halogens is 4. The average Bonchev–Trinajstić information content (AvgIpc) is 1.82. The SMILES string of the molecule is BrCCCC(Br)C(Br)Br. The van der Waals surface area contributed by atoms with Crippen LogP contribution in [0.15, 0.2) is 0 Å². The van der Waals surface area contributed by atoms with Crippen LogP contribution in [0, 0.1) is 0 Å². The first-order valence-corrected chi connectivity index (χ1v) is 6.53.